The molecule has 2 aromatic rings. The highest BCUT2D eigenvalue weighted by molar-refractivity contribution is 5.81. The first kappa shape index (κ1) is 27.6. The molecule has 0 spiro atoms. The fourth-order valence-corrected chi connectivity index (χ4v) is 4.10. The number of aliphatic carboxylic acids is 1. The molecule has 0 amide bonds. The second-order valence-corrected chi connectivity index (χ2v) is 9.04. The van der Waals surface area contributed by atoms with Crippen molar-refractivity contribution in [2.24, 2.45) is 0 Å². The lowest BCUT2D eigenvalue weighted by Crippen LogP contribution is -2.32. The summed E-state index contributed by atoms with van der Waals surface area (Å²) in [4.78, 5) is 24.1. The standard InChI is InChI=1S/C27H36O4.CH4/c1-26(21-28,22-13-5-3-6-14-22)19-11-9-17-24(29)18-10-12-20-27(2,25(30)31)23-15-7-4-8-16-23;/h3-8,13-16,28H,9-12,17-21H2,1-2H3,(H,30,31);1H4. The number of rotatable bonds is 14. The Bertz CT molecular complexity index is 818. The van der Waals surface area contributed by atoms with Crippen molar-refractivity contribution in [2.45, 2.75) is 83.5 Å². The highest BCUT2D eigenvalue weighted by Crippen LogP contribution is 2.31. The number of benzene rings is 2. The van der Waals surface area contributed by atoms with E-state index in [0.29, 0.717) is 32.1 Å². The molecule has 176 valence electrons. The molecule has 0 radical (unpaired) electrons. The number of Topliss-reactive ketones (excluding diaryl/α,β-unsaturated/α-hetero) is 1. The number of ketones is 1. The molecular weight excluding hydrogens is 400 g/mol. The molecule has 2 rings (SSSR count). The largest absolute Gasteiger partial charge is 0.481 e. The summed E-state index contributed by atoms with van der Waals surface area (Å²) in [5.74, 6) is -0.586. The summed E-state index contributed by atoms with van der Waals surface area (Å²) in [7, 11) is 0. The summed E-state index contributed by atoms with van der Waals surface area (Å²) in [5, 5.41) is 19.6. The minimum absolute atomic E-state index is 0. The predicted octanol–water partition coefficient (Wildman–Crippen LogP) is 6.31. The van der Waals surface area contributed by atoms with E-state index in [0.717, 1.165) is 30.4 Å². The molecule has 0 fully saturated rings. The van der Waals surface area contributed by atoms with Gasteiger partial charge in [0.2, 0.25) is 0 Å². The van der Waals surface area contributed by atoms with Gasteiger partial charge in [0, 0.05) is 18.3 Å². The lowest BCUT2D eigenvalue weighted by Gasteiger charge is -2.28. The molecular formula is C28H40O4. The highest BCUT2D eigenvalue weighted by atomic mass is 16.4. The maximum atomic E-state index is 12.3. The van der Waals surface area contributed by atoms with Crippen LogP contribution in [-0.4, -0.2) is 28.6 Å². The van der Waals surface area contributed by atoms with E-state index in [1.54, 1.807) is 6.92 Å². The molecule has 0 bridgehead atoms. The number of carboxylic acid groups (broad SMARTS) is 1. The molecule has 2 atom stereocenters. The van der Waals surface area contributed by atoms with Crippen molar-refractivity contribution >= 4 is 11.8 Å². The normalized spacial score (nSPS) is 14.6. The molecule has 32 heavy (non-hydrogen) atoms. The van der Waals surface area contributed by atoms with E-state index >= 15 is 0 Å². The molecule has 2 aromatic carbocycles. The molecule has 0 saturated carbocycles. The first-order chi connectivity index (χ1) is 14.8. The molecule has 0 aromatic heterocycles. The Morgan fingerprint density at radius 3 is 1.69 bits per heavy atom. The van der Waals surface area contributed by atoms with Gasteiger partial charge in [-0.25, -0.2) is 0 Å². The van der Waals surface area contributed by atoms with Gasteiger partial charge in [-0.3, -0.25) is 9.59 Å². The number of unbranched alkanes of at least 4 members (excludes halogenated alkanes) is 2. The molecule has 0 saturated heterocycles. The van der Waals surface area contributed by atoms with E-state index in [2.05, 4.69) is 6.92 Å². The molecule has 4 nitrogen and oxygen atoms in total. The SMILES string of the molecule is C.CC(CO)(CCCCC(=O)CCCCC(C)(C(=O)O)c1ccccc1)c1ccccc1. The Kier molecular flexibility index (Phi) is 11.3. The third kappa shape index (κ3) is 7.59. The maximum Gasteiger partial charge on any atom is 0.313 e. The summed E-state index contributed by atoms with van der Waals surface area (Å²) in [6, 6.07) is 19.3. The van der Waals surface area contributed by atoms with Crippen molar-refractivity contribution in [1.29, 1.82) is 0 Å². The van der Waals surface area contributed by atoms with Gasteiger partial charge < -0.3 is 10.2 Å². The fourth-order valence-electron chi connectivity index (χ4n) is 4.10. The highest BCUT2D eigenvalue weighted by Gasteiger charge is 2.34. The van der Waals surface area contributed by atoms with Crippen molar-refractivity contribution in [3.05, 3.63) is 71.8 Å². The number of carbonyl (C=O) groups is 2. The Labute approximate surface area is 193 Å². The van der Waals surface area contributed by atoms with Gasteiger partial charge in [-0.2, -0.15) is 0 Å². The molecule has 0 aliphatic rings. The van der Waals surface area contributed by atoms with Crippen LogP contribution in [0.25, 0.3) is 0 Å². The van der Waals surface area contributed by atoms with Gasteiger partial charge in [0.05, 0.1) is 12.0 Å². The second-order valence-electron chi connectivity index (χ2n) is 9.04. The zero-order chi connectivity index (χ0) is 22.7. The van der Waals surface area contributed by atoms with E-state index in [1.807, 2.05) is 60.7 Å². The molecule has 4 heteroatoms. The van der Waals surface area contributed by atoms with Gasteiger partial charge in [-0.1, -0.05) is 87.9 Å². The van der Waals surface area contributed by atoms with E-state index in [-0.39, 0.29) is 25.2 Å². The zero-order valence-electron chi connectivity index (χ0n) is 18.8. The summed E-state index contributed by atoms with van der Waals surface area (Å²) >= 11 is 0. The quantitative estimate of drug-likeness (QED) is 0.338. The third-order valence-corrected chi connectivity index (χ3v) is 6.52. The van der Waals surface area contributed by atoms with Crippen LogP contribution in [0.1, 0.15) is 83.8 Å². The van der Waals surface area contributed by atoms with Crippen LogP contribution in [0.4, 0.5) is 0 Å². The monoisotopic (exact) mass is 440 g/mol. The minimum Gasteiger partial charge on any atom is -0.481 e. The first-order valence-electron chi connectivity index (χ1n) is 11.3. The van der Waals surface area contributed by atoms with Gasteiger partial charge in [0.15, 0.2) is 0 Å². The molecule has 0 aliphatic carbocycles. The summed E-state index contributed by atoms with van der Waals surface area (Å²) in [5.41, 5.74) is 0.738. The van der Waals surface area contributed by atoms with Crippen molar-refractivity contribution in [1.82, 2.24) is 0 Å². The minimum atomic E-state index is -0.920. The topological polar surface area (TPSA) is 74.6 Å². The van der Waals surface area contributed by atoms with E-state index < -0.39 is 11.4 Å². The van der Waals surface area contributed by atoms with Gasteiger partial charge in [0.25, 0.3) is 0 Å². The smallest absolute Gasteiger partial charge is 0.313 e. The lowest BCUT2D eigenvalue weighted by molar-refractivity contribution is -0.143. The van der Waals surface area contributed by atoms with Crippen LogP contribution in [-0.2, 0) is 20.4 Å². The number of hydrogen-bond acceptors (Lipinski definition) is 3. The lowest BCUT2D eigenvalue weighted by atomic mass is 9.78. The van der Waals surface area contributed by atoms with Crippen LogP contribution in [0.2, 0.25) is 0 Å². The Morgan fingerprint density at radius 1 is 0.750 bits per heavy atom. The van der Waals surface area contributed by atoms with Gasteiger partial charge >= 0.3 is 5.97 Å². The van der Waals surface area contributed by atoms with Gasteiger partial charge in [0.1, 0.15) is 5.78 Å². The predicted molar refractivity (Wildman–Crippen MR) is 131 cm³/mol. The molecule has 0 aliphatic heterocycles. The fraction of sp³-hybridized carbons (Fsp3) is 0.500. The second kappa shape index (κ2) is 13.2. The maximum absolute atomic E-state index is 12.3. The van der Waals surface area contributed by atoms with Crippen LogP contribution in [0.15, 0.2) is 60.7 Å². The van der Waals surface area contributed by atoms with Crippen LogP contribution in [0.5, 0.6) is 0 Å². The average molecular weight is 441 g/mol. The third-order valence-electron chi connectivity index (χ3n) is 6.52. The Balaban J connectivity index is 0.00000512. The molecule has 2 unspecified atom stereocenters. The van der Waals surface area contributed by atoms with Crippen molar-refractivity contribution in [2.75, 3.05) is 6.61 Å². The van der Waals surface area contributed by atoms with Gasteiger partial charge in [-0.05, 0) is 43.7 Å². The zero-order valence-corrected chi connectivity index (χ0v) is 18.8. The number of aliphatic hydroxyl groups is 1. The summed E-state index contributed by atoms with van der Waals surface area (Å²) in [6.07, 6.45) is 5.54. The Hall–Kier alpha value is -2.46. The van der Waals surface area contributed by atoms with Crippen LogP contribution in [0.3, 0.4) is 0 Å². The number of aliphatic hydroxyl groups excluding tert-OH is 1. The van der Waals surface area contributed by atoms with Crippen molar-refractivity contribution < 1.29 is 19.8 Å². The van der Waals surface area contributed by atoms with Crippen molar-refractivity contribution in [3.8, 4) is 0 Å². The van der Waals surface area contributed by atoms with E-state index in [9.17, 15) is 19.8 Å². The number of carboxylic acids is 1. The summed E-state index contributed by atoms with van der Waals surface area (Å²) in [6.45, 7) is 3.92. The Morgan fingerprint density at radius 2 is 1.22 bits per heavy atom. The summed E-state index contributed by atoms with van der Waals surface area (Å²) < 4.78 is 0. The van der Waals surface area contributed by atoms with Gasteiger partial charge in [-0.15, -0.1) is 0 Å². The van der Waals surface area contributed by atoms with Crippen molar-refractivity contribution in [3.63, 3.8) is 0 Å². The number of hydrogen-bond donors (Lipinski definition) is 2. The molecule has 2 N–H and O–H groups in total. The average Bonchev–Trinajstić information content (AvgIpc) is 2.80. The van der Waals surface area contributed by atoms with E-state index in [1.165, 1.54) is 0 Å². The van der Waals surface area contributed by atoms with Crippen LogP contribution >= 0.6 is 0 Å². The molecule has 0 heterocycles. The number of carbonyl (C=O) groups excluding carboxylic acids is 1. The first-order valence-corrected chi connectivity index (χ1v) is 11.3. The van der Waals surface area contributed by atoms with E-state index in [4.69, 9.17) is 0 Å². The van der Waals surface area contributed by atoms with Crippen LogP contribution < -0.4 is 0 Å². The van der Waals surface area contributed by atoms with Crippen LogP contribution in [0, 0.1) is 0 Å².